The van der Waals surface area contributed by atoms with E-state index in [1.807, 2.05) is 12.1 Å². The number of nitrogens with one attached hydrogen (secondary N) is 1. The molecule has 11 nitrogen and oxygen atoms in total. The van der Waals surface area contributed by atoms with Crippen LogP contribution < -0.4 is 9.21 Å². The minimum absolute atomic E-state index is 0.00775. The molecule has 1 amide bonds. The number of sulfonamides is 1. The molecule has 1 aliphatic heterocycles. The molecule has 3 heterocycles. The van der Waals surface area contributed by atoms with E-state index in [9.17, 15) is 23.3 Å². The molecular formula is C25H23ClN6O5S2. The van der Waals surface area contributed by atoms with Crippen LogP contribution in [-0.4, -0.2) is 60.3 Å². The van der Waals surface area contributed by atoms with Gasteiger partial charge in [0.2, 0.25) is 0 Å². The third-order valence-corrected chi connectivity index (χ3v) is 9.37. The van der Waals surface area contributed by atoms with Crippen LogP contribution in [0.25, 0.3) is 0 Å². The van der Waals surface area contributed by atoms with Crippen molar-refractivity contribution in [1.29, 1.82) is 0 Å². The zero-order valence-electron chi connectivity index (χ0n) is 20.4. The lowest BCUT2D eigenvalue weighted by molar-refractivity contribution is -0.384. The van der Waals surface area contributed by atoms with Gasteiger partial charge in [0.25, 0.3) is 21.6 Å². The number of anilines is 2. The normalized spacial score (nSPS) is 13.9. The number of carbonyl (C=O) groups excluding carboxylic acids is 1. The zero-order chi connectivity index (χ0) is 27.6. The maximum Gasteiger partial charge on any atom is 0.269 e. The number of rotatable bonds is 8. The van der Waals surface area contributed by atoms with Gasteiger partial charge in [0, 0.05) is 50.2 Å². The first kappa shape index (κ1) is 26.7. The van der Waals surface area contributed by atoms with E-state index in [2.05, 4.69) is 14.9 Å². The number of thiophene rings is 1. The van der Waals surface area contributed by atoms with Crippen LogP contribution in [0.4, 0.5) is 17.1 Å². The first-order chi connectivity index (χ1) is 18.7. The van der Waals surface area contributed by atoms with Crippen molar-refractivity contribution >= 4 is 55.9 Å². The molecule has 39 heavy (non-hydrogen) atoms. The van der Waals surface area contributed by atoms with Gasteiger partial charge in [-0.2, -0.15) is 0 Å². The highest BCUT2D eigenvalue weighted by molar-refractivity contribution is 7.92. The molecule has 1 saturated heterocycles. The van der Waals surface area contributed by atoms with Gasteiger partial charge in [-0.15, -0.1) is 11.3 Å². The highest BCUT2D eigenvalue weighted by atomic mass is 35.5. The largest absolute Gasteiger partial charge is 0.368 e. The summed E-state index contributed by atoms with van der Waals surface area (Å²) in [6, 6.07) is 15.4. The fraction of sp³-hybridized carbons (Fsp3) is 0.200. The summed E-state index contributed by atoms with van der Waals surface area (Å²) < 4.78 is 29.0. The lowest BCUT2D eigenvalue weighted by Gasteiger charge is -2.36. The van der Waals surface area contributed by atoms with Crippen molar-refractivity contribution < 1.29 is 18.1 Å². The first-order valence-electron chi connectivity index (χ1n) is 11.9. The molecule has 0 aliphatic carbocycles. The molecular weight excluding hydrogens is 564 g/mol. The van der Waals surface area contributed by atoms with Gasteiger partial charge >= 0.3 is 0 Å². The molecule has 0 radical (unpaired) electrons. The minimum atomic E-state index is -4.06. The van der Waals surface area contributed by atoms with E-state index < -0.39 is 14.9 Å². The van der Waals surface area contributed by atoms with Crippen LogP contribution in [0.15, 0.2) is 78.1 Å². The van der Waals surface area contributed by atoms with Gasteiger partial charge in [0.05, 0.1) is 43.3 Å². The summed E-state index contributed by atoms with van der Waals surface area (Å²) in [4.78, 5) is 34.5. The molecule has 2 aromatic heterocycles. The number of amides is 1. The van der Waals surface area contributed by atoms with Gasteiger partial charge in [-0.25, -0.2) is 13.4 Å². The fourth-order valence-corrected chi connectivity index (χ4v) is 6.74. The second kappa shape index (κ2) is 11.0. The number of non-ortho nitro benzene ring substituents is 1. The van der Waals surface area contributed by atoms with Crippen molar-refractivity contribution in [2.24, 2.45) is 0 Å². The van der Waals surface area contributed by atoms with E-state index in [1.165, 1.54) is 52.4 Å². The van der Waals surface area contributed by atoms with E-state index in [4.69, 9.17) is 11.6 Å². The Hall–Kier alpha value is -3.94. The number of nitro groups is 1. The Bertz CT molecular complexity index is 1570. The molecule has 0 atom stereocenters. The minimum Gasteiger partial charge on any atom is -0.368 e. The Morgan fingerprint density at radius 3 is 2.31 bits per heavy atom. The van der Waals surface area contributed by atoms with Crippen LogP contribution in [-0.2, 0) is 16.6 Å². The van der Waals surface area contributed by atoms with Crippen LogP contribution in [0.5, 0.6) is 0 Å². The molecule has 2 aromatic carbocycles. The third kappa shape index (κ3) is 5.75. The lowest BCUT2D eigenvalue weighted by Crippen LogP contribution is -2.48. The van der Waals surface area contributed by atoms with Crippen molar-refractivity contribution in [2.75, 3.05) is 35.4 Å². The number of halogens is 1. The molecule has 1 N–H and O–H groups in total. The number of nitro benzene ring substituents is 1. The van der Waals surface area contributed by atoms with Gasteiger partial charge in [0.1, 0.15) is 0 Å². The Morgan fingerprint density at radius 1 is 1.05 bits per heavy atom. The second-order valence-electron chi connectivity index (χ2n) is 8.74. The van der Waals surface area contributed by atoms with E-state index >= 15 is 0 Å². The SMILES string of the molecule is O=C(c1ccc(Cl)s1)N1CCN(c2ccc(N(Cc3cnc[nH]3)S(=O)(=O)c3ccc([N+](=O)[O-])cc3)cc2)CC1. The summed E-state index contributed by atoms with van der Waals surface area (Å²) in [7, 11) is -4.06. The van der Waals surface area contributed by atoms with E-state index in [1.54, 1.807) is 29.2 Å². The molecule has 14 heteroatoms. The average molecular weight is 587 g/mol. The molecule has 5 rings (SSSR count). The number of aromatic nitrogens is 2. The van der Waals surface area contributed by atoms with E-state index in [0.717, 1.165) is 5.69 Å². The quantitative estimate of drug-likeness (QED) is 0.239. The number of aromatic amines is 1. The molecule has 4 aromatic rings. The van der Waals surface area contributed by atoms with Crippen molar-refractivity contribution in [2.45, 2.75) is 11.4 Å². The molecule has 1 aliphatic rings. The summed E-state index contributed by atoms with van der Waals surface area (Å²) in [6.45, 7) is 2.35. The number of hydrogen-bond acceptors (Lipinski definition) is 8. The molecule has 0 spiro atoms. The number of benzene rings is 2. The molecule has 0 unspecified atom stereocenters. The van der Waals surface area contributed by atoms with Gasteiger partial charge in [-0.05, 0) is 48.5 Å². The monoisotopic (exact) mass is 586 g/mol. The van der Waals surface area contributed by atoms with Gasteiger partial charge in [0.15, 0.2) is 0 Å². The van der Waals surface area contributed by atoms with Crippen molar-refractivity contribution in [3.05, 3.63) is 98.2 Å². The number of hydrogen-bond donors (Lipinski definition) is 1. The average Bonchev–Trinajstić information content (AvgIpc) is 3.63. The van der Waals surface area contributed by atoms with Crippen molar-refractivity contribution in [3.63, 3.8) is 0 Å². The Balaban J connectivity index is 1.33. The molecule has 202 valence electrons. The molecule has 1 fully saturated rings. The summed E-state index contributed by atoms with van der Waals surface area (Å²) in [5.74, 6) is -0.0344. The van der Waals surface area contributed by atoms with Gasteiger partial charge in [-0.1, -0.05) is 11.6 Å². The highest BCUT2D eigenvalue weighted by Crippen LogP contribution is 2.29. The van der Waals surface area contributed by atoms with Crippen LogP contribution in [0.3, 0.4) is 0 Å². The van der Waals surface area contributed by atoms with E-state index in [-0.39, 0.29) is 23.0 Å². The fourth-order valence-electron chi connectivity index (χ4n) is 4.29. The zero-order valence-corrected chi connectivity index (χ0v) is 22.8. The smallest absolute Gasteiger partial charge is 0.269 e. The van der Waals surface area contributed by atoms with Crippen LogP contribution in [0, 0.1) is 10.1 Å². The van der Waals surface area contributed by atoms with Gasteiger partial charge in [-0.3, -0.25) is 19.2 Å². The lowest BCUT2D eigenvalue weighted by atomic mass is 10.2. The van der Waals surface area contributed by atoms with Gasteiger partial charge < -0.3 is 14.8 Å². The predicted molar refractivity (Wildman–Crippen MR) is 149 cm³/mol. The number of carbonyl (C=O) groups is 1. The Morgan fingerprint density at radius 2 is 1.74 bits per heavy atom. The summed E-state index contributed by atoms with van der Waals surface area (Å²) in [5, 5.41) is 11.0. The number of nitrogens with zero attached hydrogens (tertiary/aromatic N) is 5. The van der Waals surface area contributed by atoms with Crippen molar-refractivity contribution in [3.8, 4) is 0 Å². The number of H-pyrrole nitrogens is 1. The van der Waals surface area contributed by atoms with Crippen LogP contribution in [0.1, 0.15) is 15.4 Å². The topological polar surface area (TPSA) is 133 Å². The van der Waals surface area contributed by atoms with E-state index in [0.29, 0.717) is 46.8 Å². The summed E-state index contributed by atoms with van der Waals surface area (Å²) in [6.07, 6.45) is 3.00. The third-order valence-electron chi connectivity index (χ3n) is 6.36. The maximum atomic E-state index is 13.6. The number of piperazine rings is 1. The summed E-state index contributed by atoms with van der Waals surface area (Å²) in [5.41, 5.74) is 1.71. The Kier molecular flexibility index (Phi) is 7.55. The number of imidazole rings is 1. The first-order valence-corrected chi connectivity index (χ1v) is 14.5. The molecule has 0 saturated carbocycles. The standard InChI is InChI=1S/C25H23ClN6O5S2/c26-24-10-9-23(38-24)25(33)30-13-11-29(12-14-30)19-1-3-20(4-2-19)31(16-18-15-27-17-28-18)39(36,37)22-7-5-21(6-8-22)32(34)35/h1-10,15,17H,11-14,16H2,(H,27,28). The van der Waals surface area contributed by atoms with Crippen LogP contribution >= 0.6 is 22.9 Å². The highest BCUT2D eigenvalue weighted by Gasteiger charge is 2.27. The summed E-state index contributed by atoms with van der Waals surface area (Å²) >= 11 is 7.24. The Labute approximate surface area is 233 Å². The second-order valence-corrected chi connectivity index (χ2v) is 12.3. The molecule has 0 bridgehead atoms. The van der Waals surface area contributed by atoms with Crippen LogP contribution in [0.2, 0.25) is 4.34 Å². The maximum absolute atomic E-state index is 13.6. The predicted octanol–water partition coefficient (Wildman–Crippen LogP) is 4.39. The van der Waals surface area contributed by atoms with Crippen molar-refractivity contribution in [1.82, 2.24) is 14.9 Å².